The quantitative estimate of drug-likeness (QED) is 0.759. The Morgan fingerprint density at radius 1 is 1.41 bits per heavy atom. The summed E-state index contributed by atoms with van der Waals surface area (Å²) in [7, 11) is 3.78. The smallest absolute Gasteiger partial charge is 0.0587 e. The second kappa shape index (κ2) is 7.54. The number of halogens is 1. The van der Waals surface area contributed by atoms with Gasteiger partial charge in [-0.1, -0.05) is 17.7 Å². The third kappa shape index (κ3) is 4.54. The molecule has 0 aromatic heterocycles. The topological polar surface area (TPSA) is 24.5 Å². The van der Waals surface area contributed by atoms with E-state index in [1.165, 1.54) is 11.3 Å². The predicted octanol–water partition coefficient (Wildman–Crippen LogP) is 2.53. The molecule has 0 radical (unpaired) electrons. The first-order valence-electron chi connectivity index (χ1n) is 5.88. The second-order valence-corrected chi connectivity index (χ2v) is 4.39. The molecule has 1 aromatic carbocycles. The van der Waals surface area contributed by atoms with Gasteiger partial charge in [0, 0.05) is 44.5 Å². The van der Waals surface area contributed by atoms with Gasteiger partial charge < -0.3 is 15.0 Å². The molecule has 4 heteroatoms. The van der Waals surface area contributed by atoms with Crippen molar-refractivity contribution in [3.63, 3.8) is 0 Å². The standard InChI is InChI=1S/C13H21ClN2O/c1-4-16(2)13-9-12(14)6-5-11(13)10-15-7-8-17-3/h5-6,9,15H,4,7-8,10H2,1-3H3. The molecule has 0 fully saturated rings. The monoisotopic (exact) mass is 256 g/mol. The van der Waals surface area contributed by atoms with Crippen LogP contribution in [-0.2, 0) is 11.3 Å². The fraction of sp³-hybridized carbons (Fsp3) is 0.538. The van der Waals surface area contributed by atoms with Crippen LogP contribution in [0.4, 0.5) is 5.69 Å². The van der Waals surface area contributed by atoms with E-state index in [0.717, 1.165) is 31.3 Å². The number of nitrogens with zero attached hydrogens (tertiary/aromatic N) is 1. The number of benzene rings is 1. The summed E-state index contributed by atoms with van der Waals surface area (Å²) in [5.74, 6) is 0. The average molecular weight is 257 g/mol. The number of ether oxygens (including phenoxy) is 1. The molecule has 0 spiro atoms. The van der Waals surface area contributed by atoms with Gasteiger partial charge in [0.2, 0.25) is 0 Å². The third-order valence-corrected chi connectivity index (χ3v) is 2.97. The van der Waals surface area contributed by atoms with Crippen LogP contribution in [0, 0.1) is 0 Å². The first-order chi connectivity index (χ1) is 8.19. The maximum atomic E-state index is 6.03. The van der Waals surface area contributed by atoms with E-state index < -0.39 is 0 Å². The summed E-state index contributed by atoms with van der Waals surface area (Å²) in [5.41, 5.74) is 2.44. The van der Waals surface area contributed by atoms with Crippen LogP contribution in [0.1, 0.15) is 12.5 Å². The van der Waals surface area contributed by atoms with Gasteiger partial charge in [-0.15, -0.1) is 0 Å². The van der Waals surface area contributed by atoms with E-state index in [9.17, 15) is 0 Å². The van der Waals surface area contributed by atoms with Crippen molar-refractivity contribution < 1.29 is 4.74 Å². The van der Waals surface area contributed by atoms with E-state index in [1.54, 1.807) is 7.11 Å². The Balaban J connectivity index is 2.69. The average Bonchev–Trinajstić information content (AvgIpc) is 2.35. The van der Waals surface area contributed by atoms with E-state index in [0.29, 0.717) is 0 Å². The highest BCUT2D eigenvalue weighted by atomic mass is 35.5. The lowest BCUT2D eigenvalue weighted by Crippen LogP contribution is -2.22. The molecule has 0 atom stereocenters. The molecular weight excluding hydrogens is 236 g/mol. The van der Waals surface area contributed by atoms with Crippen molar-refractivity contribution in [1.29, 1.82) is 0 Å². The van der Waals surface area contributed by atoms with Gasteiger partial charge in [0.15, 0.2) is 0 Å². The zero-order valence-electron chi connectivity index (χ0n) is 10.8. The Hall–Kier alpha value is -0.770. The Bertz CT molecular complexity index is 344. The maximum absolute atomic E-state index is 6.03. The lowest BCUT2D eigenvalue weighted by Gasteiger charge is -2.21. The SMILES string of the molecule is CCN(C)c1cc(Cl)ccc1CNCCOC. The summed E-state index contributed by atoms with van der Waals surface area (Å²) in [5, 5.41) is 4.13. The van der Waals surface area contributed by atoms with Crippen LogP contribution < -0.4 is 10.2 Å². The van der Waals surface area contributed by atoms with E-state index in [-0.39, 0.29) is 0 Å². The van der Waals surface area contributed by atoms with Crippen molar-refractivity contribution in [2.45, 2.75) is 13.5 Å². The van der Waals surface area contributed by atoms with Crippen molar-refractivity contribution in [2.24, 2.45) is 0 Å². The van der Waals surface area contributed by atoms with Gasteiger partial charge in [-0.05, 0) is 24.6 Å². The van der Waals surface area contributed by atoms with Crippen molar-refractivity contribution >= 4 is 17.3 Å². The van der Waals surface area contributed by atoms with Crippen molar-refractivity contribution in [3.05, 3.63) is 28.8 Å². The lowest BCUT2D eigenvalue weighted by atomic mass is 10.1. The zero-order chi connectivity index (χ0) is 12.7. The van der Waals surface area contributed by atoms with E-state index in [4.69, 9.17) is 16.3 Å². The van der Waals surface area contributed by atoms with Crippen LogP contribution in [0.2, 0.25) is 5.02 Å². The minimum absolute atomic E-state index is 0.729. The minimum Gasteiger partial charge on any atom is -0.383 e. The van der Waals surface area contributed by atoms with E-state index in [1.807, 2.05) is 12.1 Å². The van der Waals surface area contributed by atoms with Crippen molar-refractivity contribution in [1.82, 2.24) is 5.32 Å². The molecule has 0 amide bonds. The minimum atomic E-state index is 0.729. The Morgan fingerprint density at radius 2 is 2.18 bits per heavy atom. The van der Waals surface area contributed by atoms with Gasteiger partial charge in [0.1, 0.15) is 0 Å². The molecule has 0 aliphatic heterocycles. The van der Waals surface area contributed by atoms with Gasteiger partial charge in [-0.2, -0.15) is 0 Å². The first kappa shape index (κ1) is 14.3. The largest absolute Gasteiger partial charge is 0.383 e. The van der Waals surface area contributed by atoms with Crippen molar-refractivity contribution in [2.75, 3.05) is 38.8 Å². The highest BCUT2D eigenvalue weighted by molar-refractivity contribution is 6.30. The Kier molecular flexibility index (Phi) is 6.34. The summed E-state index contributed by atoms with van der Waals surface area (Å²) >= 11 is 6.03. The zero-order valence-corrected chi connectivity index (χ0v) is 11.5. The molecule has 0 aliphatic carbocycles. The van der Waals surface area contributed by atoms with Gasteiger partial charge in [0.25, 0.3) is 0 Å². The second-order valence-electron chi connectivity index (χ2n) is 3.96. The summed E-state index contributed by atoms with van der Waals surface area (Å²) in [4.78, 5) is 2.19. The number of nitrogens with one attached hydrogen (secondary N) is 1. The molecule has 0 saturated carbocycles. The van der Waals surface area contributed by atoms with Crippen LogP contribution in [0.3, 0.4) is 0 Å². The Labute approximate surface area is 109 Å². The fourth-order valence-electron chi connectivity index (χ4n) is 1.61. The number of rotatable bonds is 7. The molecule has 1 N–H and O–H groups in total. The maximum Gasteiger partial charge on any atom is 0.0587 e. The van der Waals surface area contributed by atoms with Gasteiger partial charge in [-0.3, -0.25) is 0 Å². The lowest BCUT2D eigenvalue weighted by molar-refractivity contribution is 0.199. The fourth-order valence-corrected chi connectivity index (χ4v) is 1.78. The Morgan fingerprint density at radius 3 is 2.82 bits per heavy atom. The molecule has 3 nitrogen and oxygen atoms in total. The number of anilines is 1. The van der Waals surface area contributed by atoms with Crippen LogP contribution >= 0.6 is 11.6 Å². The molecule has 0 saturated heterocycles. The normalized spacial score (nSPS) is 10.6. The van der Waals surface area contributed by atoms with Crippen LogP contribution in [-0.4, -0.2) is 33.9 Å². The molecule has 0 aliphatic rings. The molecule has 17 heavy (non-hydrogen) atoms. The van der Waals surface area contributed by atoms with Crippen LogP contribution in [0.25, 0.3) is 0 Å². The predicted molar refractivity (Wildman–Crippen MR) is 74.0 cm³/mol. The first-order valence-corrected chi connectivity index (χ1v) is 6.26. The van der Waals surface area contributed by atoms with E-state index in [2.05, 4.69) is 30.3 Å². The van der Waals surface area contributed by atoms with Crippen LogP contribution in [0.15, 0.2) is 18.2 Å². The van der Waals surface area contributed by atoms with Gasteiger partial charge in [0.05, 0.1) is 6.61 Å². The summed E-state index contributed by atoms with van der Waals surface area (Å²) < 4.78 is 5.00. The van der Waals surface area contributed by atoms with Crippen molar-refractivity contribution in [3.8, 4) is 0 Å². The molecule has 0 bridgehead atoms. The molecule has 1 aromatic rings. The molecule has 1 rings (SSSR count). The van der Waals surface area contributed by atoms with Gasteiger partial charge >= 0.3 is 0 Å². The molecule has 0 unspecified atom stereocenters. The highest BCUT2D eigenvalue weighted by Crippen LogP contribution is 2.23. The number of hydrogen-bond acceptors (Lipinski definition) is 3. The summed E-state index contributed by atoms with van der Waals surface area (Å²) in [6.07, 6.45) is 0. The molecule has 96 valence electrons. The number of methoxy groups -OCH3 is 1. The molecule has 0 heterocycles. The summed E-state index contributed by atoms with van der Waals surface area (Å²) in [6.45, 7) is 5.51. The van der Waals surface area contributed by atoms with Crippen LogP contribution in [0.5, 0.6) is 0 Å². The summed E-state index contributed by atoms with van der Waals surface area (Å²) in [6, 6.07) is 6.02. The highest BCUT2D eigenvalue weighted by Gasteiger charge is 2.06. The van der Waals surface area contributed by atoms with Gasteiger partial charge in [-0.25, -0.2) is 0 Å². The molecular formula is C13H21ClN2O. The number of hydrogen-bond donors (Lipinski definition) is 1. The third-order valence-electron chi connectivity index (χ3n) is 2.73. The van der Waals surface area contributed by atoms with E-state index >= 15 is 0 Å².